The predicted octanol–water partition coefficient (Wildman–Crippen LogP) is 3.42. The summed E-state index contributed by atoms with van der Waals surface area (Å²) in [5.41, 5.74) is 1.87. The minimum atomic E-state index is -0.306. The number of nitrogens with zero attached hydrogens (tertiary/aromatic N) is 2. The molecule has 0 saturated carbocycles. The fourth-order valence-electron chi connectivity index (χ4n) is 2.13. The molecule has 0 atom stereocenters. The first-order valence-electron chi connectivity index (χ1n) is 7.45. The quantitative estimate of drug-likeness (QED) is 0.699. The van der Waals surface area contributed by atoms with Crippen LogP contribution in [0.5, 0.6) is 0 Å². The Balaban J connectivity index is 1.50. The molecular formula is C18H16FN3OS. The maximum absolute atomic E-state index is 13.5. The monoisotopic (exact) mass is 341 g/mol. The molecule has 122 valence electrons. The molecule has 0 aliphatic heterocycles. The third-order valence-corrected chi connectivity index (χ3v) is 4.39. The van der Waals surface area contributed by atoms with Crippen molar-refractivity contribution in [3.8, 4) is 5.69 Å². The molecule has 1 aromatic heterocycles. The average Bonchev–Trinajstić information content (AvgIpc) is 3.09. The van der Waals surface area contributed by atoms with Crippen LogP contribution in [0.25, 0.3) is 5.69 Å². The van der Waals surface area contributed by atoms with E-state index in [4.69, 9.17) is 0 Å². The van der Waals surface area contributed by atoms with E-state index in [1.54, 1.807) is 29.1 Å². The van der Waals surface area contributed by atoms with Crippen LogP contribution in [0.1, 0.15) is 5.56 Å². The summed E-state index contributed by atoms with van der Waals surface area (Å²) in [6.45, 7) is 0.392. The first-order valence-corrected chi connectivity index (χ1v) is 8.44. The number of amides is 1. The molecule has 0 bridgehead atoms. The number of thioether (sulfide) groups is 1. The summed E-state index contributed by atoms with van der Waals surface area (Å²) in [5, 5.41) is 7.10. The zero-order chi connectivity index (χ0) is 16.8. The Kier molecular flexibility index (Phi) is 5.28. The molecule has 3 rings (SSSR count). The van der Waals surface area contributed by atoms with Gasteiger partial charge in [-0.15, -0.1) is 11.8 Å². The second kappa shape index (κ2) is 7.79. The predicted molar refractivity (Wildman–Crippen MR) is 92.5 cm³/mol. The van der Waals surface area contributed by atoms with Crippen molar-refractivity contribution in [2.24, 2.45) is 0 Å². The highest BCUT2D eigenvalue weighted by Crippen LogP contribution is 2.20. The fourth-order valence-corrected chi connectivity index (χ4v) is 2.90. The molecule has 1 heterocycles. The topological polar surface area (TPSA) is 46.9 Å². The van der Waals surface area contributed by atoms with Crippen LogP contribution < -0.4 is 5.32 Å². The Morgan fingerprint density at radius 1 is 1.12 bits per heavy atom. The molecule has 24 heavy (non-hydrogen) atoms. The van der Waals surface area contributed by atoms with Gasteiger partial charge in [0.2, 0.25) is 5.91 Å². The number of nitrogens with one attached hydrogen (secondary N) is 1. The summed E-state index contributed by atoms with van der Waals surface area (Å²) in [6, 6.07) is 16.2. The lowest BCUT2D eigenvalue weighted by molar-refractivity contribution is -0.118. The first kappa shape index (κ1) is 16.3. The Labute approximate surface area is 143 Å². The van der Waals surface area contributed by atoms with E-state index in [-0.39, 0.29) is 17.5 Å². The number of hydrogen-bond acceptors (Lipinski definition) is 3. The summed E-state index contributed by atoms with van der Waals surface area (Å²) >= 11 is 1.18. The molecule has 0 unspecified atom stereocenters. The molecule has 3 aromatic rings. The largest absolute Gasteiger partial charge is 0.351 e. The maximum atomic E-state index is 13.5. The molecule has 2 aromatic carbocycles. The third-order valence-electron chi connectivity index (χ3n) is 3.34. The molecule has 4 nitrogen and oxygen atoms in total. The van der Waals surface area contributed by atoms with Gasteiger partial charge >= 0.3 is 0 Å². The van der Waals surface area contributed by atoms with Crippen molar-refractivity contribution in [2.45, 2.75) is 11.4 Å². The minimum absolute atomic E-state index is 0.143. The summed E-state index contributed by atoms with van der Waals surface area (Å²) in [7, 11) is 0. The fraction of sp³-hybridized carbons (Fsp3) is 0.111. The Hall–Kier alpha value is -2.60. The smallest absolute Gasteiger partial charge is 0.230 e. The van der Waals surface area contributed by atoms with Gasteiger partial charge in [-0.2, -0.15) is 5.10 Å². The lowest BCUT2D eigenvalue weighted by Gasteiger charge is -2.04. The van der Waals surface area contributed by atoms with E-state index in [2.05, 4.69) is 10.4 Å². The lowest BCUT2D eigenvalue weighted by Crippen LogP contribution is -2.24. The highest BCUT2D eigenvalue weighted by molar-refractivity contribution is 8.00. The van der Waals surface area contributed by atoms with Crippen LogP contribution in [-0.4, -0.2) is 21.4 Å². The van der Waals surface area contributed by atoms with Crippen LogP contribution >= 0.6 is 11.8 Å². The van der Waals surface area contributed by atoms with E-state index < -0.39 is 0 Å². The highest BCUT2D eigenvalue weighted by atomic mass is 32.2. The van der Waals surface area contributed by atoms with Gasteiger partial charge in [-0.25, -0.2) is 9.07 Å². The van der Waals surface area contributed by atoms with E-state index in [0.717, 1.165) is 11.3 Å². The Morgan fingerprint density at radius 2 is 1.88 bits per heavy atom. The van der Waals surface area contributed by atoms with Gasteiger partial charge in [-0.1, -0.05) is 30.3 Å². The molecule has 0 aliphatic carbocycles. The zero-order valence-electron chi connectivity index (χ0n) is 12.9. The molecule has 0 spiro atoms. The number of carbonyl (C=O) groups is 1. The molecule has 1 amide bonds. The van der Waals surface area contributed by atoms with Crippen LogP contribution in [0.15, 0.2) is 71.9 Å². The zero-order valence-corrected chi connectivity index (χ0v) is 13.7. The number of rotatable bonds is 6. The summed E-state index contributed by atoms with van der Waals surface area (Å²) in [4.78, 5) is 12.4. The van der Waals surface area contributed by atoms with Crippen molar-refractivity contribution in [3.63, 3.8) is 0 Å². The first-order chi connectivity index (χ1) is 11.7. The van der Waals surface area contributed by atoms with Gasteiger partial charge in [0.05, 0.1) is 17.6 Å². The van der Waals surface area contributed by atoms with Gasteiger partial charge in [-0.3, -0.25) is 4.79 Å². The molecular weight excluding hydrogens is 325 g/mol. The minimum Gasteiger partial charge on any atom is -0.351 e. The molecule has 6 heteroatoms. The van der Waals surface area contributed by atoms with Gasteiger partial charge in [0.25, 0.3) is 0 Å². The molecule has 0 radical (unpaired) electrons. The van der Waals surface area contributed by atoms with Gasteiger partial charge < -0.3 is 5.32 Å². The second-order valence-electron chi connectivity index (χ2n) is 5.12. The molecule has 0 aliphatic rings. The van der Waals surface area contributed by atoms with Crippen molar-refractivity contribution in [1.29, 1.82) is 0 Å². The van der Waals surface area contributed by atoms with Crippen molar-refractivity contribution >= 4 is 17.7 Å². The molecule has 0 fully saturated rings. The Bertz CT molecular complexity index is 820. The maximum Gasteiger partial charge on any atom is 0.230 e. The standard InChI is InChI=1S/C18H16FN3OS/c19-16-8-4-5-9-17(16)24-13-18(23)20-10-14-11-21-22(12-14)15-6-2-1-3-7-15/h1-9,11-12H,10,13H2,(H,20,23). The van der Waals surface area contributed by atoms with Crippen molar-refractivity contribution in [2.75, 3.05) is 5.75 Å². The van der Waals surface area contributed by atoms with Gasteiger partial charge in [-0.05, 0) is 24.3 Å². The van der Waals surface area contributed by atoms with E-state index in [1.807, 2.05) is 36.5 Å². The van der Waals surface area contributed by atoms with E-state index in [0.29, 0.717) is 11.4 Å². The number of halogens is 1. The van der Waals surface area contributed by atoms with Crippen LogP contribution in [0.3, 0.4) is 0 Å². The Morgan fingerprint density at radius 3 is 2.67 bits per heavy atom. The SMILES string of the molecule is O=C(CSc1ccccc1F)NCc1cnn(-c2ccccc2)c1. The van der Waals surface area contributed by atoms with Crippen LogP contribution in [-0.2, 0) is 11.3 Å². The summed E-state index contributed by atoms with van der Waals surface area (Å²) in [6.07, 6.45) is 3.59. The van der Waals surface area contributed by atoms with E-state index >= 15 is 0 Å². The van der Waals surface area contributed by atoms with E-state index in [1.165, 1.54) is 17.8 Å². The number of hydrogen-bond donors (Lipinski definition) is 1. The summed E-state index contributed by atoms with van der Waals surface area (Å²) in [5.74, 6) is -0.275. The van der Waals surface area contributed by atoms with Crippen LogP contribution in [0.4, 0.5) is 4.39 Å². The normalized spacial score (nSPS) is 10.5. The van der Waals surface area contributed by atoms with Crippen molar-refractivity contribution in [1.82, 2.24) is 15.1 Å². The molecule has 0 saturated heterocycles. The third kappa shape index (κ3) is 4.23. The van der Waals surface area contributed by atoms with Gasteiger partial charge in [0.1, 0.15) is 5.82 Å². The number of aromatic nitrogens is 2. The lowest BCUT2D eigenvalue weighted by atomic mass is 10.3. The summed E-state index contributed by atoms with van der Waals surface area (Å²) < 4.78 is 15.3. The van der Waals surface area contributed by atoms with Gasteiger partial charge in [0.15, 0.2) is 0 Å². The highest BCUT2D eigenvalue weighted by Gasteiger charge is 2.07. The number of benzene rings is 2. The van der Waals surface area contributed by atoms with Crippen LogP contribution in [0.2, 0.25) is 0 Å². The average molecular weight is 341 g/mol. The number of carbonyl (C=O) groups excluding carboxylic acids is 1. The van der Waals surface area contributed by atoms with Gasteiger partial charge in [0, 0.05) is 23.2 Å². The number of para-hydroxylation sites is 1. The van der Waals surface area contributed by atoms with E-state index in [9.17, 15) is 9.18 Å². The van der Waals surface area contributed by atoms with Crippen LogP contribution in [0, 0.1) is 5.82 Å². The van der Waals surface area contributed by atoms with Crippen molar-refractivity contribution in [3.05, 3.63) is 78.4 Å². The molecule has 1 N–H and O–H groups in total. The van der Waals surface area contributed by atoms with Crippen molar-refractivity contribution < 1.29 is 9.18 Å². The second-order valence-corrected chi connectivity index (χ2v) is 6.14.